The quantitative estimate of drug-likeness (QED) is 0.673. The van der Waals surface area contributed by atoms with Crippen LogP contribution in [-0.4, -0.2) is 18.1 Å². The van der Waals surface area contributed by atoms with E-state index in [0.29, 0.717) is 0 Å². The fourth-order valence-electron chi connectivity index (χ4n) is 0.945. The molecule has 82 valence electrons. The average molecular weight is 279 g/mol. The van der Waals surface area contributed by atoms with E-state index in [-0.39, 0.29) is 29.1 Å². The molecule has 0 aromatic heterocycles. The lowest BCUT2D eigenvalue weighted by atomic mass is 10.3. The summed E-state index contributed by atoms with van der Waals surface area (Å²) in [5.41, 5.74) is 4.88. The summed E-state index contributed by atoms with van der Waals surface area (Å²) in [5, 5.41) is 10.6. The van der Waals surface area contributed by atoms with Crippen molar-refractivity contribution in [2.24, 2.45) is 5.73 Å². The van der Waals surface area contributed by atoms with E-state index in [1.807, 2.05) is 0 Å². The highest BCUT2D eigenvalue weighted by Crippen LogP contribution is 2.32. The summed E-state index contributed by atoms with van der Waals surface area (Å²) in [6, 6.07) is 2.01. The van der Waals surface area contributed by atoms with Gasteiger partial charge in [0.05, 0.1) is 9.40 Å². The Bertz CT molecular complexity index is 386. The van der Waals surface area contributed by atoms with E-state index in [0.717, 1.165) is 12.1 Å². The average Bonchev–Trinajstić information content (AvgIpc) is 2.19. The van der Waals surface area contributed by atoms with Crippen molar-refractivity contribution in [1.29, 1.82) is 0 Å². The van der Waals surface area contributed by atoms with Crippen LogP contribution in [0.15, 0.2) is 16.6 Å². The Hall–Kier alpha value is -1.21. The summed E-state index contributed by atoms with van der Waals surface area (Å²) >= 11 is 2.86. The van der Waals surface area contributed by atoms with Crippen molar-refractivity contribution >= 4 is 21.6 Å². The van der Waals surface area contributed by atoms with E-state index in [1.54, 1.807) is 0 Å². The molecule has 5 nitrogen and oxygen atoms in total. The highest BCUT2D eigenvalue weighted by atomic mass is 79.9. The number of hydrogen-bond acceptors (Lipinski definition) is 4. The molecule has 1 aromatic rings. The first-order valence-corrected chi connectivity index (χ1v) is 4.82. The summed E-state index contributed by atoms with van der Waals surface area (Å²) in [6.07, 6.45) is 0. The van der Waals surface area contributed by atoms with Gasteiger partial charge in [0, 0.05) is 18.7 Å². The fourth-order valence-corrected chi connectivity index (χ4v) is 1.28. The zero-order valence-corrected chi connectivity index (χ0v) is 9.16. The number of benzene rings is 1. The van der Waals surface area contributed by atoms with E-state index in [9.17, 15) is 14.5 Å². The Balaban J connectivity index is 3.10. The molecule has 0 saturated heterocycles. The molecule has 0 bridgehead atoms. The minimum Gasteiger partial charge on any atom is -0.485 e. The van der Waals surface area contributed by atoms with Crippen LogP contribution in [0.4, 0.5) is 10.1 Å². The molecule has 7 heteroatoms. The minimum atomic E-state index is -0.643. The minimum absolute atomic E-state index is 0.0225. The molecular formula is C8H8BrFN2O3. The molecule has 15 heavy (non-hydrogen) atoms. The van der Waals surface area contributed by atoms with Gasteiger partial charge in [-0.1, -0.05) is 0 Å². The zero-order valence-electron chi connectivity index (χ0n) is 7.57. The standard InChI is InChI=1S/C8H8BrFN2O3/c9-5-3-7(12(13)14)8(4-6(5)10)15-2-1-11/h3-4H,1-2,11H2. The van der Waals surface area contributed by atoms with Crippen molar-refractivity contribution < 1.29 is 14.1 Å². The van der Waals surface area contributed by atoms with E-state index >= 15 is 0 Å². The van der Waals surface area contributed by atoms with E-state index in [4.69, 9.17) is 10.5 Å². The number of nitro benzene ring substituents is 1. The number of hydrogen-bond donors (Lipinski definition) is 1. The Morgan fingerprint density at radius 1 is 1.60 bits per heavy atom. The number of nitrogens with two attached hydrogens (primary N) is 1. The second-order valence-electron chi connectivity index (χ2n) is 2.63. The van der Waals surface area contributed by atoms with Gasteiger partial charge in [-0.2, -0.15) is 0 Å². The molecule has 0 aliphatic heterocycles. The number of nitro groups is 1. The Labute approximate surface area is 93.3 Å². The Morgan fingerprint density at radius 2 is 2.27 bits per heavy atom. The van der Waals surface area contributed by atoms with Gasteiger partial charge in [0.1, 0.15) is 12.4 Å². The van der Waals surface area contributed by atoms with Crippen LogP contribution >= 0.6 is 15.9 Å². The van der Waals surface area contributed by atoms with Crippen LogP contribution in [0.1, 0.15) is 0 Å². The lowest BCUT2D eigenvalue weighted by molar-refractivity contribution is -0.386. The predicted molar refractivity (Wildman–Crippen MR) is 55.3 cm³/mol. The molecule has 0 fully saturated rings. The predicted octanol–water partition coefficient (Wildman–Crippen LogP) is 1.83. The first-order valence-electron chi connectivity index (χ1n) is 4.02. The second-order valence-corrected chi connectivity index (χ2v) is 3.48. The van der Waals surface area contributed by atoms with Crippen LogP contribution in [0.2, 0.25) is 0 Å². The summed E-state index contributed by atoms with van der Waals surface area (Å²) in [5.74, 6) is -0.737. The molecule has 0 radical (unpaired) electrons. The van der Waals surface area contributed by atoms with Gasteiger partial charge >= 0.3 is 5.69 Å². The van der Waals surface area contributed by atoms with Crippen molar-refractivity contribution in [2.75, 3.05) is 13.2 Å². The summed E-state index contributed by atoms with van der Waals surface area (Å²) in [6.45, 7) is 0.302. The topological polar surface area (TPSA) is 78.4 Å². The van der Waals surface area contributed by atoms with Gasteiger partial charge in [-0.3, -0.25) is 10.1 Å². The molecule has 0 aliphatic rings. The Morgan fingerprint density at radius 3 is 2.80 bits per heavy atom. The van der Waals surface area contributed by atoms with Crippen molar-refractivity contribution in [2.45, 2.75) is 0 Å². The van der Waals surface area contributed by atoms with Gasteiger partial charge in [-0.25, -0.2) is 4.39 Å². The van der Waals surface area contributed by atoms with Crippen LogP contribution in [0.3, 0.4) is 0 Å². The lowest BCUT2D eigenvalue weighted by Crippen LogP contribution is -2.11. The van der Waals surface area contributed by atoms with E-state index in [1.165, 1.54) is 0 Å². The maximum atomic E-state index is 13.1. The molecule has 0 atom stereocenters. The van der Waals surface area contributed by atoms with E-state index < -0.39 is 10.7 Å². The van der Waals surface area contributed by atoms with Gasteiger partial charge in [0.15, 0.2) is 5.75 Å². The normalized spacial score (nSPS) is 10.1. The summed E-state index contributed by atoms with van der Waals surface area (Å²) in [7, 11) is 0. The maximum Gasteiger partial charge on any atom is 0.312 e. The van der Waals surface area contributed by atoms with Crippen LogP contribution in [-0.2, 0) is 0 Å². The molecule has 2 N–H and O–H groups in total. The van der Waals surface area contributed by atoms with Crippen molar-refractivity contribution in [3.63, 3.8) is 0 Å². The fraction of sp³-hybridized carbons (Fsp3) is 0.250. The summed E-state index contributed by atoms with van der Waals surface area (Å²) < 4.78 is 18.0. The summed E-state index contributed by atoms with van der Waals surface area (Å²) in [4.78, 5) is 9.96. The van der Waals surface area contributed by atoms with E-state index in [2.05, 4.69) is 15.9 Å². The SMILES string of the molecule is NCCOc1cc(F)c(Br)cc1[N+](=O)[O-]. The molecule has 0 heterocycles. The number of rotatable bonds is 4. The maximum absolute atomic E-state index is 13.1. The molecule has 1 aromatic carbocycles. The van der Waals surface area contributed by atoms with Crippen LogP contribution in [0, 0.1) is 15.9 Å². The molecule has 0 amide bonds. The van der Waals surface area contributed by atoms with Crippen molar-refractivity contribution in [1.82, 2.24) is 0 Å². The number of halogens is 2. The highest BCUT2D eigenvalue weighted by molar-refractivity contribution is 9.10. The third kappa shape index (κ3) is 2.87. The monoisotopic (exact) mass is 278 g/mol. The van der Waals surface area contributed by atoms with Gasteiger partial charge in [-0.05, 0) is 15.9 Å². The third-order valence-corrected chi connectivity index (χ3v) is 2.18. The van der Waals surface area contributed by atoms with Crippen molar-refractivity contribution in [3.8, 4) is 5.75 Å². The van der Waals surface area contributed by atoms with Gasteiger partial charge in [-0.15, -0.1) is 0 Å². The molecule has 0 spiro atoms. The van der Waals surface area contributed by atoms with Crippen LogP contribution < -0.4 is 10.5 Å². The number of ether oxygens (including phenoxy) is 1. The zero-order chi connectivity index (χ0) is 11.4. The smallest absolute Gasteiger partial charge is 0.312 e. The lowest BCUT2D eigenvalue weighted by Gasteiger charge is -2.05. The molecule has 0 aliphatic carbocycles. The first-order chi connectivity index (χ1) is 7.06. The molecule has 0 unspecified atom stereocenters. The molecule has 0 saturated carbocycles. The number of nitrogens with zero attached hydrogens (tertiary/aromatic N) is 1. The van der Waals surface area contributed by atoms with Gasteiger partial charge in [0.2, 0.25) is 0 Å². The van der Waals surface area contributed by atoms with Crippen LogP contribution in [0.25, 0.3) is 0 Å². The largest absolute Gasteiger partial charge is 0.485 e. The Kier molecular flexibility index (Phi) is 3.98. The van der Waals surface area contributed by atoms with Crippen LogP contribution in [0.5, 0.6) is 5.75 Å². The second kappa shape index (κ2) is 5.04. The van der Waals surface area contributed by atoms with Gasteiger partial charge < -0.3 is 10.5 Å². The third-order valence-electron chi connectivity index (χ3n) is 1.57. The molecule has 1 rings (SSSR count). The molecular weight excluding hydrogens is 271 g/mol. The highest BCUT2D eigenvalue weighted by Gasteiger charge is 2.18. The first kappa shape index (κ1) is 11.9. The van der Waals surface area contributed by atoms with Crippen molar-refractivity contribution in [3.05, 3.63) is 32.5 Å². The van der Waals surface area contributed by atoms with Gasteiger partial charge in [0.25, 0.3) is 0 Å².